The van der Waals surface area contributed by atoms with Crippen molar-refractivity contribution in [2.75, 3.05) is 5.32 Å². The molecule has 0 spiro atoms. The van der Waals surface area contributed by atoms with Gasteiger partial charge in [-0.15, -0.1) is 0 Å². The molecule has 2 amide bonds. The second-order valence-corrected chi connectivity index (χ2v) is 10.4. The molecule has 30 heavy (non-hydrogen) atoms. The monoisotopic (exact) mass is 426 g/mol. The Hall–Kier alpha value is -2.67. The average molecular weight is 427 g/mol. The van der Waals surface area contributed by atoms with Crippen molar-refractivity contribution in [1.82, 2.24) is 4.90 Å². The molecule has 2 bridgehead atoms. The number of fused-ring (bicyclic) bond motifs is 2. The number of amides is 2. The van der Waals surface area contributed by atoms with E-state index in [9.17, 15) is 18.0 Å². The van der Waals surface area contributed by atoms with Crippen LogP contribution in [0.25, 0.3) is 0 Å². The molecule has 6 nitrogen and oxygen atoms in total. The molecule has 4 rings (SSSR count). The van der Waals surface area contributed by atoms with Crippen LogP contribution in [0, 0.1) is 0 Å². The molecule has 2 saturated heterocycles. The quantitative estimate of drug-likeness (QED) is 0.796. The summed E-state index contributed by atoms with van der Waals surface area (Å²) in [5, 5.41) is 2.28. The molecule has 2 aromatic rings. The lowest BCUT2D eigenvalue weighted by atomic mass is 10.0. The van der Waals surface area contributed by atoms with E-state index in [-0.39, 0.29) is 30.3 Å². The smallest absolute Gasteiger partial charge is 0.227 e. The van der Waals surface area contributed by atoms with Crippen LogP contribution in [0.2, 0.25) is 0 Å². The number of carbonyl (C=O) groups is 2. The van der Waals surface area contributed by atoms with Crippen LogP contribution in [0.15, 0.2) is 59.5 Å². The summed E-state index contributed by atoms with van der Waals surface area (Å²) in [5.74, 6) is -0.0888. The minimum absolute atomic E-state index is 0.0154. The largest absolute Gasteiger partial charge is 0.336 e. The number of hydrogen-bond donors (Lipinski definition) is 1. The molecular weight excluding hydrogens is 400 g/mol. The highest BCUT2D eigenvalue weighted by Crippen LogP contribution is 2.40. The van der Waals surface area contributed by atoms with Crippen LogP contribution in [0.5, 0.6) is 0 Å². The molecule has 2 heterocycles. The summed E-state index contributed by atoms with van der Waals surface area (Å²) in [6.45, 7) is 1.45. The Labute approximate surface area is 177 Å². The van der Waals surface area contributed by atoms with E-state index in [1.165, 1.54) is 6.92 Å². The highest BCUT2D eigenvalue weighted by atomic mass is 32.2. The van der Waals surface area contributed by atoms with Gasteiger partial charge in [0.15, 0.2) is 9.84 Å². The van der Waals surface area contributed by atoms with E-state index in [2.05, 4.69) is 5.32 Å². The molecule has 0 saturated carbocycles. The lowest BCUT2D eigenvalue weighted by Gasteiger charge is -2.38. The van der Waals surface area contributed by atoms with E-state index in [4.69, 9.17) is 0 Å². The maximum atomic E-state index is 13.0. The number of nitrogens with zero attached hydrogens (tertiary/aromatic N) is 1. The van der Waals surface area contributed by atoms with Crippen LogP contribution >= 0.6 is 0 Å². The Morgan fingerprint density at radius 1 is 0.967 bits per heavy atom. The van der Waals surface area contributed by atoms with Gasteiger partial charge in [0.05, 0.1) is 16.6 Å². The summed E-state index contributed by atoms with van der Waals surface area (Å²) in [6, 6.07) is 15.8. The number of hydrogen-bond acceptors (Lipinski definition) is 4. The third kappa shape index (κ3) is 4.12. The summed E-state index contributed by atoms with van der Waals surface area (Å²) < 4.78 is 26.1. The molecule has 2 aliphatic rings. The number of piperidine rings is 1. The van der Waals surface area contributed by atoms with Gasteiger partial charge in [-0.3, -0.25) is 9.59 Å². The van der Waals surface area contributed by atoms with Crippen LogP contribution in [0.4, 0.5) is 5.69 Å². The van der Waals surface area contributed by atoms with Crippen LogP contribution in [0.1, 0.15) is 38.2 Å². The number of carbonyl (C=O) groups excluding carboxylic acids is 2. The van der Waals surface area contributed by atoms with Crippen molar-refractivity contribution in [3.05, 3.63) is 60.2 Å². The fourth-order valence-corrected chi connectivity index (χ4v) is 6.64. The number of anilines is 1. The molecule has 2 aliphatic heterocycles. The van der Waals surface area contributed by atoms with Crippen LogP contribution in [0.3, 0.4) is 0 Å². The molecule has 2 atom stereocenters. The number of nitrogens with one attached hydrogen (secondary N) is 1. The molecular formula is C23H26N2O4S. The fourth-order valence-electron chi connectivity index (χ4n) is 4.77. The standard InChI is InChI=1S/C23H26N2O4S/c1-16(26)24-18-9-7-17(8-10-18)13-23(27)25-19-11-12-20(25)15-22(14-19)30(28,29)21-5-3-2-4-6-21/h2-10,19-20,22H,11-15H2,1H3,(H,24,26)/t19-,20-/m0/s1. The van der Waals surface area contributed by atoms with E-state index in [1.807, 2.05) is 23.1 Å². The van der Waals surface area contributed by atoms with Gasteiger partial charge in [0, 0.05) is 24.7 Å². The Kier molecular flexibility index (Phi) is 5.64. The number of sulfone groups is 1. The van der Waals surface area contributed by atoms with Crippen LogP contribution in [-0.4, -0.2) is 42.5 Å². The summed E-state index contributed by atoms with van der Waals surface area (Å²) in [7, 11) is -3.38. The molecule has 0 aromatic heterocycles. The molecule has 2 fully saturated rings. The minimum Gasteiger partial charge on any atom is -0.336 e. The Morgan fingerprint density at radius 3 is 2.13 bits per heavy atom. The summed E-state index contributed by atoms with van der Waals surface area (Å²) in [6.07, 6.45) is 3.00. The van der Waals surface area contributed by atoms with Crippen molar-refractivity contribution in [1.29, 1.82) is 0 Å². The lowest BCUT2D eigenvalue weighted by Crippen LogP contribution is -2.50. The predicted molar refractivity (Wildman–Crippen MR) is 115 cm³/mol. The zero-order valence-corrected chi connectivity index (χ0v) is 17.8. The van der Waals surface area contributed by atoms with Crippen molar-refractivity contribution in [2.24, 2.45) is 0 Å². The lowest BCUT2D eigenvalue weighted by molar-refractivity contribution is -0.134. The van der Waals surface area contributed by atoms with Crippen LogP contribution in [-0.2, 0) is 25.8 Å². The highest BCUT2D eigenvalue weighted by Gasteiger charge is 2.46. The minimum atomic E-state index is -3.38. The van der Waals surface area contributed by atoms with E-state index in [0.29, 0.717) is 23.4 Å². The SMILES string of the molecule is CC(=O)Nc1ccc(CC(=O)N2[C@H]3CC[C@H]2CC(S(=O)(=O)c2ccccc2)C3)cc1. The van der Waals surface area contributed by atoms with E-state index in [0.717, 1.165) is 18.4 Å². The number of rotatable bonds is 5. The molecule has 7 heteroatoms. The second-order valence-electron chi connectivity index (χ2n) is 8.19. The third-order valence-corrected chi connectivity index (χ3v) is 8.31. The average Bonchev–Trinajstić information content (AvgIpc) is 2.99. The van der Waals surface area contributed by atoms with Crippen molar-refractivity contribution in [3.8, 4) is 0 Å². The predicted octanol–water partition coefficient (Wildman–Crippen LogP) is 3.18. The fraction of sp³-hybridized carbons (Fsp3) is 0.391. The molecule has 1 N–H and O–H groups in total. The van der Waals surface area contributed by atoms with E-state index in [1.54, 1.807) is 36.4 Å². The van der Waals surface area contributed by atoms with Crippen LogP contribution < -0.4 is 5.32 Å². The topological polar surface area (TPSA) is 83.6 Å². The van der Waals surface area contributed by atoms with Gasteiger partial charge >= 0.3 is 0 Å². The van der Waals surface area contributed by atoms with Gasteiger partial charge in [-0.1, -0.05) is 30.3 Å². The first-order valence-corrected chi connectivity index (χ1v) is 11.9. The summed E-state index contributed by atoms with van der Waals surface area (Å²) in [5.41, 5.74) is 1.58. The normalized spacial score (nSPS) is 23.2. The zero-order valence-electron chi connectivity index (χ0n) is 17.0. The van der Waals surface area contributed by atoms with Crippen molar-refractivity contribution in [2.45, 2.75) is 61.3 Å². The van der Waals surface area contributed by atoms with Crippen molar-refractivity contribution >= 4 is 27.3 Å². The first-order chi connectivity index (χ1) is 14.3. The second kappa shape index (κ2) is 8.22. The van der Waals surface area contributed by atoms with E-state index >= 15 is 0 Å². The van der Waals surface area contributed by atoms with Gasteiger partial charge in [-0.05, 0) is 55.5 Å². The molecule has 2 aromatic carbocycles. The Morgan fingerprint density at radius 2 is 1.57 bits per heavy atom. The maximum absolute atomic E-state index is 13.0. The molecule has 0 unspecified atom stereocenters. The molecule has 158 valence electrons. The first kappa shape index (κ1) is 20.6. The zero-order chi connectivity index (χ0) is 21.3. The van der Waals surface area contributed by atoms with Crippen molar-refractivity contribution in [3.63, 3.8) is 0 Å². The first-order valence-electron chi connectivity index (χ1n) is 10.3. The Bertz CT molecular complexity index is 1020. The van der Waals surface area contributed by atoms with Gasteiger partial charge in [0.1, 0.15) is 0 Å². The molecule has 0 radical (unpaired) electrons. The van der Waals surface area contributed by atoms with Gasteiger partial charge in [-0.2, -0.15) is 0 Å². The summed E-state index contributed by atoms with van der Waals surface area (Å²) >= 11 is 0. The summed E-state index contributed by atoms with van der Waals surface area (Å²) in [4.78, 5) is 26.5. The van der Waals surface area contributed by atoms with Gasteiger partial charge in [0.25, 0.3) is 0 Å². The highest BCUT2D eigenvalue weighted by molar-refractivity contribution is 7.92. The maximum Gasteiger partial charge on any atom is 0.227 e. The van der Waals surface area contributed by atoms with Gasteiger partial charge in [-0.25, -0.2) is 8.42 Å². The van der Waals surface area contributed by atoms with Crippen molar-refractivity contribution < 1.29 is 18.0 Å². The number of benzene rings is 2. The third-order valence-electron chi connectivity index (χ3n) is 6.12. The van der Waals surface area contributed by atoms with Gasteiger partial charge < -0.3 is 10.2 Å². The Balaban J connectivity index is 1.44. The molecule has 0 aliphatic carbocycles. The van der Waals surface area contributed by atoms with E-state index < -0.39 is 15.1 Å². The van der Waals surface area contributed by atoms with Gasteiger partial charge in [0.2, 0.25) is 11.8 Å².